The molecule has 5 nitrogen and oxygen atoms in total. The van der Waals surface area contributed by atoms with E-state index in [0.29, 0.717) is 41.2 Å². The van der Waals surface area contributed by atoms with Gasteiger partial charge < -0.3 is 0 Å². The lowest BCUT2D eigenvalue weighted by Crippen LogP contribution is -2.46. The van der Waals surface area contributed by atoms with E-state index < -0.39 is 17.2 Å². The number of aromatic nitrogens is 2. The molecule has 2 aliphatic carbocycles. The summed E-state index contributed by atoms with van der Waals surface area (Å²) in [5.41, 5.74) is 1.88. The number of benzene rings is 1. The summed E-state index contributed by atoms with van der Waals surface area (Å²) in [7, 11) is 0. The minimum absolute atomic E-state index is 0.0720. The zero-order valence-electron chi connectivity index (χ0n) is 20.2. The van der Waals surface area contributed by atoms with Gasteiger partial charge in [0.25, 0.3) is 0 Å². The number of alkyl halides is 3. The third kappa shape index (κ3) is 4.19. The molecule has 1 heterocycles. The van der Waals surface area contributed by atoms with E-state index in [1.54, 1.807) is 12.2 Å². The molecule has 8 heteroatoms. The van der Waals surface area contributed by atoms with Crippen molar-refractivity contribution < 1.29 is 18.0 Å². The van der Waals surface area contributed by atoms with Gasteiger partial charge in [0, 0.05) is 34.2 Å². The average molecular weight is 491 g/mol. The summed E-state index contributed by atoms with van der Waals surface area (Å²) in [4.78, 5) is 26.2. The highest BCUT2D eigenvalue weighted by Crippen LogP contribution is 2.50. The zero-order valence-corrected chi connectivity index (χ0v) is 20.2. The highest BCUT2D eigenvalue weighted by atomic mass is 19.4. The van der Waals surface area contributed by atoms with Crippen LogP contribution in [0.1, 0.15) is 49.8 Å². The number of aliphatic imine (C=N–C) groups is 1. The Hall–Kier alpha value is -3.86. The lowest BCUT2D eigenvalue weighted by Gasteiger charge is -2.45. The molecule has 1 aromatic heterocycles. The molecule has 0 radical (unpaired) electrons. The van der Waals surface area contributed by atoms with Crippen molar-refractivity contribution in [2.75, 3.05) is 0 Å². The molecule has 0 amide bonds. The van der Waals surface area contributed by atoms with Crippen LogP contribution in [-0.2, 0) is 22.8 Å². The van der Waals surface area contributed by atoms with E-state index in [1.165, 1.54) is 18.3 Å². The highest BCUT2D eigenvalue weighted by Gasteiger charge is 2.49. The van der Waals surface area contributed by atoms with Gasteiger partial charge in [-0.3, -0.25) is 9.79 Å². The highest BCUT2D eigenvalue weighted by molar-refractivity contribution is 6.02. The lowest BCUT2D eigenvalue weighted by molar-refractivity contribution is -0.137. The minimum atomic E-state index is -4.45. The first-order valence-corrected chi connectivity index (χ1v) is 11.6. The van der Waals surface area contributed by atoms with Crippen LogP contribution in [0.5, 0.6) is 0 Å². The molecular weight excluding hydrogens is 465 g/mol. The maximum Gasteiger partial charge on any atom is 0.416 e. The first kappa shape index (κ1) is 25.2. The number of nitriles is 1. The van der Waals surface area contributed by atoms with E-state index in [4.69, 9.17) is 9.97 Å². The van der Waals surface area contributed by atoms with Gasteiger partial charge in [0.2, 0.25) is 0 Å². The Kier molecular flexibility index (Phi) is 6.52. The summed E-state index contributed by atoms with van der Waals surface area (Å²) in [6, 6.07) is 6.97. The smallest absolute Gasteiger partial charge is 0.293 e. The van der Waals surface area contributed by atoms with Gasteiger partial charge in [-0.25, -0.2) is 9.97 Å². The number of carbonyl (C=O) groups excluding carboxylic acids is 1. The lowest BCUT2D eigenvalue weighted by atomic mass is 9.57. The van der Waals surface area contributed by atoms with Gasteiger partial charge >= 0.3 is 6.18 Å². The summed E-state index contributed by atoms with van der Waals surface area (Å²) >= 11 is 0. The maximum absolute atomic E-state index is 13.2. The average Bonchev–Trinajstić information content (AvgIpc) is 2.86. The topological polar surface area (TPSA) is 79.0 Å². The van der Waals surface area contributed by atoms with Crippen molar-refractivity contribution >= 4 is 18.1 Å². The molecule has 0 saturated carbocycles. The predicted molar refractivity (Wildman–Crippen MR) is 132 cm³/mol. The van der Waals surface area contributed by atoms with Crippen LogP contribution in [0, 0.1) is 23.2 Å². The van der Waals surface area contributed by atoms with Crippen LogP contribution < -0.4 is 0 Å². The number of hydrogen-bond acceptors (Lipinski definition) is 5. The molecule has 3 atom stereocenters. The molecule has 0 unspecified atom stereocenters. The van der Waals surface area contributed by atoms with Gasteiger partial charge in [-0.05, 0) is 50.6 Å². The Balaban J connectivity index is 2.00. The van der Waals surface area contributed by atoms with Gasteiger partial charge in [-0.15, -0.1) is 0 Å². The summed E-state index contributed by atoms with van der Waals surface area (Å²) in [6.45, 7) is 9.09. The van der Waals surface area contributed by atoms with Crippen LogP contribution in [0.2, 0.25) is 0 Å². The second-order valence-corrected chi connectivity index (χ2v) is 9.29. The predicted octanol–water partition coefficient (Wildman–Crippen LogP) is 6.27. The Bertz CT molecular complexity index is 1360. The van der Waals surface area contributed by atoms with Crippen LogP contribution in [-0.4, -0.2) is 22.5 Å². The number of halogens is 3. The van der Waals surface area contributed by atoms with Gasteiger partial charge in [-0.1, -0.05) is 38.1 Å². The summed E-state index contributed by atoms with van der Waals surface area (Å²) in [5.74, 6) is -0.224. The number of allylic oxidation sites excluding steroid dienone is 5. The summed E-state index contributed by atoms with van der Waals surface area (Å²) in [6.07, 6.45) is 3.52. The molecule has 0 N–H and O–H groups in total. The Morgan fingerprint density at radius 3 is 2.56 bits per heavy atom. The second-order valence-electron chi connectivity index (χ2n) is 9.29. The van der Waals surface area contributed by atoms with Crippen LogP contribution >= 0.6 is 0 Å². The van der Waals surface area contributed by atoms with E-state index in [1.807, 2.05) is 32.9 Å². The largest absolute Gasteiger partial charge is 0.416 e. The minimum Gasteiger partial charge on any atom is -0.293 e. The van der Waals surface area contributed by atoms with Crippen molar-refractivity contribution in [3.8, 4) is 17.3 Å². The van der Waals surface area contributed by atoms with Crippen LogP contribution in [0.3, 0.4) is 0 Å². The number of carbonyl (C=O) groups is 1. The number of ketones is 1. The number of Topliss-reactive ketones (excluding diaryl/α,β-unsaturated/α-hetero) is 1. The van der Waals surface area contributed by atoms with E-state index in [-0.39, 0.29) is 23.2 Å². The van der Waals surface area contributed by atoms with Gasteiger partial charge in [0.05, 0.1) is 22.5 Å². The van der Waals surface area contributed by atoms with Crippen LogP contribution in [0.15, 0.2) is 59.3 Å². The second kappa shape index (κ2) is 9.30. The normalized spacial score (nSPS) is 24.1. The standard InChI is InChI=1S/C28H25F3N4O/c1-5-17(12-13-33-4)26-34-23(18-6-8-20(9-7-18)28(29,30)31)21-10-11-22-16(2)24(36)19(15-32)14-27(22,3)25(21)35-26/h5-9,12-14,16,22H,4,10-11H2,1-3H3/b13-12-,17-5+/t16-,22-,27-/m1/s1. The number of hydrogen-bond donors (Lipinski definition) is 0. The molecule has 0 aliphatic heterocycles. The van der Waals surface area contributed by atoms with Crippen molar-refractivity contribution in [1.29, 1.82) is 5.26 Å². The zero-order chi connectivity index (χ0) is 26.3. The monoisotopic (exact) mass is 490 g/mol. The molecule has 1 aromatic carbocycles. The fourth-order valence-corrected chi connectivity index (χ4v) is 5.39. The number of fused-ring (bicyclic) bond motifs is 3. The molecule has 36 heavy (non-hydrogen) atoms. The molecule has 0 saturated heterocycles. The van der Waals surface area contributed by atoms with Crippen LogP contribution in [0.25, 0.3) is 16.8 Å². The van der Waals surface area contributed by atoms with E-state index in [2.05, 4.69) is 11.7 Å². The SMILES string of the molecule is C=N/C=C\C(=C/C)c1nc(-c2ccc(C(F)(F)F)cc2)c2c(n1)[C@]1(C)C=C(C#N)C(=O)[C@H](C)[C@H]1CC2. The maximum atomic E-state index is 13.2. The molecule has 4 rings (SSSR count). The van der Waals surface area contributed by atoms with Gasteiger partial charge in [-0.2, -0.15) is 18.4 Å². The Morgan fingerprint density at radius 2 is 1.97 bits per heavy atom. The first-order chi connectivity index (χ1) is 17.0. The van der Waals surface area contributed by atoms with E-state index in [9.17, 15) is 23.2 Å². The van der Waals surface area contributed by atoms with Crippen molar-refractivity contribution in [2.45, 2.75) is 45.2 Å². The molecule has 184 valence electrons. The first-order valence-electron chi connectivity index (χ1n) is 11.6. The van der Waals surface area contributed by atoms with Crippen molar-refractivity contribution in [2.24, 2.45) is 16.8 Å². The molecular formula is C28H25F3N4O. The molecule has 2 aliphatic rings. The molecule has 2 aromatic rings. The van der Waals surface area contributed by atoms with Crippen LogP contribution in [0.4, 0.5) is 13.2 Å². The van der Waals surface area contributed by atoms with Gasteiger partial charge in [0.1, 0.15) is 6.07 Å². The Morgan fingerprint density at radius 1 is 1.28 bits per heavy atom. The van der Waals surface area contributed by atoms with Gasteiger partial charge in [0.15, 0.2) is 11.6 Å². The fourth-order valence-electron chi connectivity index (χ4n) is 5.39. The number of nitrogens with zero attached hydrogens (tertiary/aromatic N) is 4. The Labute approximate surface area is 207 Å². The summed E-state index contributed by atoms with van der Waals surface area (Å²) in [5, 5.41) is 9.64. The van der Waals surface area contributed by atoms with Crippen molar-refractivity contribution in [3.05, 3.63) is 76.9 Å². The quantitative estimate of drug-likeness (QED) is 0.374. The third-order valence-electron chi connectivity index (χ3n) is 7.25. The summed E-state index contributed by atoms with van der Waals surface area (Å²) < 4.78 is 39.6. The fraction of sp³-hybridized carbons (Fsp3) is 0.321. The molecule has 0 bridgehead atoms. The molecule has 0 fully saturated rings. The number of rotatable bonds is 4. The third-order valence-corrected chi connectivity index (χ3v) is 7.25. The van der Waals surface area contributed by atoms with E-state index >= 15 is 0 Å². The molecule has 0 spiro atoms. The van der Waals surface area contributed by atoms with Crippen molar-refractivity contribution in [1.82, 2.24) is 9.97 Å². The van der Waals surface area contributed by atoms with E-state index in [0.717, 1.165) is 17.7 Å². The van der Waals surface area contributed by atoms with Crippen molar-refractivity contribution in [3.63, 3.8) is 0 Å².